The van der Waals surface area contributed by atoms with Crippen LogP contribution in [0.1, 0.15) is 39.0 Å². The van der Waals surface area contributed by atoms with Crippen molar-refractivity contribution in [3.05, 3.63) is 0 Å². The first-order valence-electron chi connectivity index (χ1n) is 6.87. The van der Waals surface area contributed by atoms with Crippen molar-refractivity contribution in [2.45, 2.75) is 51.2 Å². The summed E-state index contributed by atoms with van der Waals surface area (Å²) in [5.74, 6) is -0.562. The van der Waals surface area contributed by atoms with E-state index in [1.165, 1.54) is 6.42 Å². The van der Waals surface area contributed by atoms with E-state index in [2.05, 4.69) is 12.2 Å². The zero-order chi connectivity index (χ0) is 14.4. The van der Waals surface area contributed by atoms with Crippen molar-refractivity contribution < 1.29 is 19.8 Å². The van der Waals surface area contributed by atoms with E-state index in [-0.39, 0.29) is 18.6 Å². The first-order valence-corrected chi connectivity index (χ1v) is 6.87. The molecule has 1 saturated carbocycles. The topological polar surface area (TPSA) is 89.9 Å². The molecule has 0 radical (unpaired) electrons. The first kappa shape index (κ1) is 15.8. The number of hydrogen-bond donors (Lipinski definition) is 3. The Morgan fingerprint density at radius 1 is 1.32 bits per heavy atom. The number of carboxylic acids is 1. The van der Waals surface area contributed by atoms with Crippen LogP contribution in [-0.2, 0) is 4.79 Å². The van der Waals surface area contributed by atoms with Gasteiger partial charge in [-0.3, -0.25) is 0 Å². The number of carbonyl (C=O) groups is 2. The number of amides is 2. The van der Waals surface area contributed by atoms with Gasteiger partial charge in [-0.25, -0.2) is 9.59 Å². The summed E-state index contributed by atoms with van der Waals surface area (Å²) < 4.78 is 0. The summed E-state index contributed by atoms with van der Waals surface area (Å²) in [4.78, 5) is 23.9. The van der Waals surface area contributed by atoms with Crippen molar-refractivity contribution in [3.63, 3.8) is 0 Å². The molecular weight excluding hydrogens is 248 g/mol. The summed E-state index contributed by atoms with van der Waals surface area (Å²) in [6.07, 6.45) is 3.89. The summed E-state index contributed by atoms with van der Waals surface area (Å²) in [5.41, 5.74) is 0. The lowest BCUT2D eigenvalue weighted by Gasteiger charge is -2.34. The van der Waals surface area contributed by atoms with Crippen molar-refractivity contribution in [1.82, 2.24) is 10.2 Å². The van der Waals surface area contributed by atoms with Crippen LogP contribution in [0.15, 0.2) is 0 Å². The maximum atomic E-state index is 11.8. The fourth-order valence-electron chi connectivity index (χ4n) is 2.50. The third-order valence-corrected chi connectivity index (χ3v) is 3.99. The third-order valence-electron chi connectivity index (χ3n) is 3.99. The molecule has 0 aromatic carbocycles. The van der Waals surface area contributed by atoms with Crippen LogP contribution in [0.5, 0.6) is 0 Å². The van der Waals surface area contributed by atoms with Gasteiger partial charge >= 0.3 is 12.0 Å². The predicted octanol–water partition coefficient (Wildman–Crippen LogP) is 1.04. The van der Waals surface area contributed by atoms with Crippen molar-refractivity contribution in [2.75, 3.05) is 13.6 Å². The summed E-state index contributed by atoms with van der Waals surface area (Å²) in [7, 11) is 1.72. The smallest absolute Gasteiger partial charge is 0.334 e. The minimum atomic E-state index is -1.55. The number of aliphatic carboxylic acids is 1. The Bertz CT molecular complexity index is 314. The normalized spacial score (nSPS) is 24.6. The van der Waals surface area contributed by atoms with Gasteiger partial charge < -0.3 is 20.4 Å². The highest BCUT2D eigenvalue weighted by atomic mass is 16.4. The van der Waals surface area contributed by atoms with Gasteiger partial charge in [0.05, 0.1) is 6.54 Å². The summed E-state index contributed by atoms with van der Waals surface area (Å²) in [6, 6.07) is -0.106. The molecule has 6 nitrogen and oxygen atoms in total. The largest absolute Gasteiger partial charge is 0.479 e. The predicted molar refractivity (Wildman–Crippen MR) is 70.8 cm³/mol. The average molecular weight is 272 g/mol. The summed E-state index contributed by atoms with van der Waals surface area (Å²) in [5, 5.41) is 20.1. The molecule has 0 saturated heterocycles. The van der Waals surface area contributed by atoms with E-state index in [0.717, 1.165) is 31.6 Å². The zero-order valence-electron chi connectivity index (χ0n) is 11.6. The van der Waals surface area contributed by atoms with Crippen LogP contribution >= 0.6 is 0 Å². The van der Waals surface area contributed by atoms with Gasteiger partial charge in [-0.15, -0.1) is 0 Å². The molecule has 110 valence electrons. The van der Waals surface area contributed by atoms with Crippen LogP contribution in [0.25, 0.3) is 0 Å². The Balaban J connectivity index is 2.34. The Labute approximate surface area is 113 Å². The standard InChI is InChI=1S/C13H24N2O4/c1-3-9-4-6-10(7-5-9)15(2)13(19)14-8-11(16)12(17)18/h9-11,16H,3-8H2,1-2H3,(H,14,19)(H,17,18)/t9?,10?,11-/m0/s1. The van der Waals surface area contributed by atoms with Gasteiger partial charge in [-0.1, -0.05) is 13.3 Å². The van der Waals surface area contributed by atoms with Gasteiger partial charge in [0.1, 0.15) is 0 Å². The highest BCUT2D eigenvalue weighted by Gasteiger charge is 2.26. The van der Waals surface area contributed by atoms with Crippen molar-refractivity contribution in [3.8, 4) is 0 Å². The first-order chi connectivity index (χ1) is 8.95. The van der Waals surface area contributed by atoms with Gasteiger partial charge in [0.15, 0.2) is 6.10 Å². The van der Waals surface area contributed by atoms with Crippen molar-refractivity contribution >= 4 is 12.0 Å². The Morgan fingerprint density at radius 3 is 2.37 bits per heavy atom. The van der Waals surface area contributed by atoms with E-state index < -0.39 is 12.1 Å². The number of carboxylic acid groups (broad SMARTS) is 1. The van der Waals surface area contributed by atoms with Crippen molar-refractivity contribution in [2.24, 2.45) is 5.92 Å². The van der Waals surface area contributed by atoms with Crippen LogP contribution in [0.4, 0.5) is 4.79 Å². The van der Waals surface area contributed by atoms with E-state index in [4.69, 9.17) is 10.2 Å². The number of nitrogens with one attached hydrogen (secondary N) is 1. The molecule has 0 bridgehead atoms. The number of urea groups is 1. The number of carbonyl (C=O) groups excluding carboxylic acids is 1. The quantitative estimate of drug-likeness (QED) is 0.697. The molecule has 0 heterocycles. The number of hydrogen-bond acceptors (Lipinski definition) is 3. The molecule has 0 aliphatic heterocycles. The SMILES string of the molecule is CCC1CCC(N(C)C(=O)NC[C@H](O)C(=O)O)CC1. The van der Waals surface area contributed by atoms with Gasteiger partial charge in [0.25, 0.3) is 0 Å². The molecule has 1 aliphatic rings. The third kappa shape index (κ3) is 4.70. The van der Waals surface area contributed by atoms with E-state index in [9.17, 15) is 9.59 Å². The molecule has 0 unspecified atom stereocenters. The van der Waals surface area contributed by atoms with E-state index in [1.807, 2.05) is 0 Å². The lowest BCUT2D eigenvalue weighted by atomic mass is 9.84. The molecule has 6 heteroatoms. The second-order valence-electron chi connectivity index (χ2n) is 5.23. The lowest BCUT2D eigenvalue weighted by molar-refractivity contribution is -0.146. The number of nitrogens with zero attached hydrogens (tertiary/aromatic N) is 1. The molecule has 3 N–H and O–H groups in total. The number of aliphatic hydroxyl groups is 1. The minimum Gasteiger partial charge on any atom is -0.479 e. The molecule has 0 spiro atoms. The van der Waals surface area contributed by atoms with Gasteiger partial charge in [-0.05, 0) is 31.6 Å². The van der Waals surface area contributed by atoms with Gasteiger partial charge in [0.2, 0.25) is 0 Å². The molecule has 1 rings (SSSR count). The molecule has 0 aromatic heterocycles. The number of aliphatic hydroxyl groups excluding tert-OH is 1. The lowest BCUT2D eigenvalue weighted by Crippen LogP contribution is -2.47. The van der Waals surface area contributed by atoms with Crippen LogP contribution in [0, 0.1) is 5.92 Å². The molecule has 2 amide bonds. The summed E-state index contributed by atoms with van der Waals surface area (Å²) in [6.45, 7) is 1.93. The molecular formula is C13H24N2O4. The fraction of sp³-hybridized carbons (Fsp3) is 0.846. The van der Waals surface area contributed by atoms with Crippen LogP contribution in [-0.4, -0.2) is 52.9 Å². The molecule has 19 heavy (non-hydrogen) atoms. The second kappa shape index (κ2) is 7.33. The van der Waals surface area contributed by atoms with E-state index >= 15 is 0 Å². The summed E-state index contributed by atoms with van der Waals surface area (Å²) >= 11 is 0. The maximum Gasteiger partial charge on any atom is 0.334 e. The Kier molecular flexibility index (Phi) is 6.08. The van der Waals surface area contributed by atoms with Crippen molar-refractivity contribution in [1.29, 1.82) is 0 Å². The molecule has 1 fully saturated rings. The van der Waals surface area contributed by atoms with E-state index in [1.54, 1.807) is 11.9 Å². The van der Waals surface area contributed by atoms with E-state index in [0.29, 0.717) is 0 Å². The van der Waals surface area contributed by atoms with Gasteiger partial charge in [0, 0.05) is 13.1 Å². The fourth-order valence-corrected chi connectivity index (χ4v) is 2.50. The molecule has 1 aliphatic carbocycles. The van der Waals surface area contributed by atoms with Crippen LogP contribution in [0.3, 0.4) is 0 Å². The van der Waals surface area contributed by atoms with Crippen LogP contribution in [0.2, 0.25) is 0 Å². The minimum absolute atomic E-state index is 0.213. The average Bonchev–Trinajstić information content (AvgIpc) is 2.43. The van der Waals surface area contributed by atoms with Gasteiger partial charge in [-0.2, -0.15) is 0 Å². The monoisotopic (exact) mass is 272 g/mol. The Hall–Kier alpha value is -1.30. The molecule has 0 aromatic rings. The molecule has 1 atom stereocenters. The maximum absolute atomic E-state index is 11.8. The number of rotatable bonds is 5. The second-order valence-corrected chi connectivity index (χ2v) is 5.23. The highest BCUT2D eigenvalue weighted by molar-refractivity contribution is 5.76. The van der Waals surface area contributed by atoms with Crippen LogP contribution < -0.4 is 5.32 Å². The highest BCUT2D eigenvalue weighted by Crippen LogP contribution is 2.28. The Morgan fingerprint density at radius 2 is 1.89 bits per heavy atom. The zero-order valence-corrected chi connectivity index (χ0v) is 11.6.